The molecule has 1 aliphatic heterocycles. The lowest BCUT2D eigenvalue weighted by Crippen LogP contribution is -2.39. The summed E-state index contributed by atoms with van der Waals surface area (Å²) in [6, 6.07) is 5.18. The molecule has 0 radical (unpaired) electrons. The quantitative estimate of drug-likeness (QED) is 0.919. The molecule has 21 heavy (non-hydrogen) atoms. The second-order valence-electron chi connectivity index (χ2n) is 5.47. The standard InChI is InChI=1S/C14H17FN2O3S/c1-14(5-7-20-8-6-14)10-17-21(18,19)13-4-2-3-12(15)11(13)9-16/h2-4,17H,5-8,10H2,1H3. The molecule has 0 amide bonds. The molecule has 0 bridgehead atoms. The molecule has 0 saturated carbocycles. The van der Waals surface area contributed by atoms with Gasteiger partial charge >= 0.3 is 0 Å². The van der Waals surface area contributed by atoms with Crippen molar-refractivity contribution in [2.24, 2.45) is 5.41 Å². The van der Waals surface area contributed by atoms with Gasteiger partial charge in [-0.3, -0.25) is 0 Å². The Hall–Kier alpha value is -1.49. The molecule has 7 heteroatoms. The van der Waals surface area contributed by atoms with Gasteiger partial charge in [0.05, 0.1) is 0 Å². The largest absolute Gasteiger partial charge is 0.381 e. The molecule has 1 aromatic rings. The average molecular weight is 312 g/mol. The summed E-state index contributed by atoms with van der Waals surface area (Å²) >= 11 is 0. The van der Waals surface area contributed by atoms with Crippen molar-refractivity contribution in [3.05, 3.63) is 29.6 Å². The van der Waals surface area contributed by atoms with Crippen LogP contribution in [-0.2, 0) is 14.8 Å². The average Bonchev–Trinajstić information content (AvgIpc) is 2.46. The molecule has 1 fully saturated rings. The monoisotopic (exact) mass is 312 g/mol. The lowest BCUT2D eigenvalue weighted by Gasteiger charge is -2.33. The first kappa shape index (κ1) is 15.9. The first-order chi connectivity index (χ1) is 9.88. The van der Waals surface area contributed by atoms with Crippen LogP contribution < -0.4 is 4.72 Å². The SMILES string of the molecule is CC1(CNS(=O)(=O)c2cccc(F)c2C#N)CCOCC1. The van der Waals surface area contributed by atoms with Crippen molar-refractivity contribution in [2.45, 2.75) is 24.7 Å². The molecule has 2 rings (SSSR count). The Kier molecular flexibility index (Phi) is 4.61. The van der Waals surface area contributed by atoms with Crippen LogP contribution in [0.1, 0.15) is 25.3 Å². The van der Waals surface area contributed by atoms with Gasteiger partial charge in [0, 0.05) is 19.8 Å². The molecule has 0 aromatic heterocycles. The minimum absolute atomic E-state index is 0.189. The maximum atomic E-state index is 13.5. The Bertz CT molecular complexity index is 661. The minimum Gasteiger partial charge on any atom is -0.381 e. The van der Waals surface area contributed by atoms with E-state index in [2.05, 4.69) is 4.72 Å². The molecule has 114 valence electrons. The molecule has 0 spiro atoms. The number of halogens is 1. The summed E-state index contributed by atoms with van der Waals surface area (Å²) in [6.45, 7) is 3.41. The van der Waals surface area contributed by atoms with E-state index in [1.165, 1.54) is 12.1 Å². The zero-order chi connectivity index (χ0) is 15.5. The normalized spacial score (nSPS) is 18.1. The van der Waals surface area contributed by atoms with Crippen molar-refractivity contribution >= 4 is 10.0 Å². The van der Waals surface area contributed by atoms with Gasteiger partial charge in [0.1, 0.15) is 22.3 Å². The number of sulfonamides is 1. The van der Waals surface area contributed by atoms with Crippen molar-refractivity contribution in [1.82, 2.24) is 4.72 Å². The van der Waals surface area contributed by atoms with Gasteiger partial charge in [0.15, 0.2) is 0 Å². The zero-order valence-corrected chi connectivity index (χ0v) is 12.5. The molecular formula is C14H17FN2O3S. The topological polar surface area (TPSA) is 79.2 Å². The first-order valence-corrected chi connectivity index (χ1v) is 8.12. The molecule has 0 unspecified atom stereocenters. The summed E-state index contributed by atoms with van der Waals surface area (Å²) in [5.41, 5.74) is -0.645. The zero-order valence-electron chi connectivity index (χ0n) is 11.7. The highest BCUT2D eigenvalue weighted by Crippen LogP contribution is 2.29. The number of hydrogen-bond donors (Lipinski definition) is 1. The van der Waals surface area contributed by atoms with Crippen molar-refractivity contribution < 1.29 is 17.5 Å². The Morgan fingerprint density at radius 3 is 2.71 bits per heavy atom. The third-order valence-electron chi connectivity index (χ3n) is 3.77. The van der Waals surface area contributed by atoms with Gasteiger partial charge in [-0.05, 0) is 30.4 Å². The summed E-state index contributed by atoms with van der Waals surface area (Å²) < 4.78 is 45.8. The van der Waals surface area contributed by atoms with Crippen molar-refractivity contribution in [1.29, 1.82) is 5.26 Å². The van der Waals surface area contributed by atoms with Gasteiger partial charge in [-0.25, -0.2) is 17.5 Å². The van der Waals surface area contributed by atoms with E-state index in [1.54, 1.807) is 6.07 Å². The Morgan fingerprint density at radius 1 is 1.43 bits per heavy atom. The number of benzene rings is 1. The molecule has 1 aliphatic rings. The predicted octanol–water partition coefficient (Wildman–Crippen LogP) is 1.79. The summed E-state index contributed by atoms with van der Waals surface area (Å²) in [4.78, 5) is -0.319. The summed E-state index contributed by atoms with van der Waals surface area (Å²) in [5.74, 6) is -0.836. The highest BCUT2D eigenvalue weighted by molar-refractivity contribution is 7.89. The highest BCUT2D eigenvalue weighted by Gasteiger charge is 2.30. The molecule has 1 saturated heterocycles. The fraction of sp³-hybridized carbons (Fsp3) is 0.500. The molecule has 1 N–H and O–H groups in total. The molecule has 1 aromatic carbocycles. The summed E-state index contributed by atoms with van der Waals surface area (Å²) in [7, 11) is -3.92. The van der Waals surface area contributed by atoms with E-state index in [-0.39, 0.29) is 16.9 Å². The lowest BCUT2D eigenvalue weighted by molar-refractivity contribution is 0.0264. The van der Waals surface area contributed by atoms with Crippen LogP contribution >= 0.6 is 0 Å². The molecule has 1 heterocycles. The second-order valence-corrected chi connectivity index (χ2v) is 7.21. The number of nitrogens with one attached hydrogen (secondary N) is 1. The van der Waals surface area contributed by atoms with Crippen LogP contribution in [0.15, 0.2) is 23.1 Å². The van der Waals surface area contributed by atoms with Crippen LogP contribution in [-0.4, -0.2) is 28.2 Å². The molecule has 0 atom stereocenters. The maximum Gasteiger partial charge on any atom is 0.242 e. The maximum absolute atomic E-state index is 13.5. The van der Waals surface area contributed by atoms with E-state index in [9.17, 15) is 12.8 Å². The Labute approximate surface area is 123 Å². The third-order valence-corrected chi connectivity index (χ3v) is 5.21. The fourth-order valence-corrected chi connectivity index (χ4v) is 3.59. The van der Waals surface area contributed by atoms with Gasteiger partial charge in [-0.2, -0.15) is 5.26 Å². The summed E-state index contributed by atoms with van der Waals surface area (Å²) in [5, 5.41) is 8.93. The highest BCUT2D eigenvalue weighted by atomic mass is 32.2. The van der Waals surface area contributed by atoms with Crippen LogP contribution in [0.4, 0.5) is 4.39 Å². The number of hydrogen-bond acceptors (Lipinski definition) is 4. The fourth-order valence-electron chi connectivity index (χ4n) is 2.22. The number of nitrogens with zero attached hydrogens (tertiary/aromatic N) is 1. The van der Waals surface area contributed by atoms with Crippen LogP contribution in [0, 0.1) is 22.6 Å². The first-order valence-electron chi connectivity index (χ1n) is 6.64. The smallest absolute Gasteiger partial charge is 0.242 e. The number of nitriles is 1. The van der Waals surface area contributed by atoms with Crippen LogP contribution in [0.2, 0.25) is 0 Å². The van der Waals surface area contributed by atoms with Gasteiger partial charge in [-0.15, -0.1) is 0 Å². The number of rotatable bonds is 4. The van der Waals surface area contributed by atoms with Crippen molar-refractivity contribution in [3.8, 4) is 6.07 Å². The van der Waals surface area contributed by atoms with Gasteiger partial charge in [0.25, 0.3) is 0 Å². The van der Waals surface area contributed by atoms with Gasteiger partial charge < -0.3 is 4.74 Å². The van der Waals surface area contributed by atoms with E-state index in [0.29, 0.717) is 13.2 Å². The van der Waals surface area contributed by atoms with Crippen LogP contribution in [0.25, 0.3) is 0 Å². The lowest BCUT2D eigenvalue weighted by atomic mass is 9.83. The number of ether oxygens (including phenoxy) is 1. The summed E-state index contributed by atoms with van der Waals surface area (Å²) in [6.07, 6.45) is 1.51. The second kappa shape index (κ2) is 6.10. The van der Waals surface area contributed by atoms with Gasteiger partial charge in [-0.1, -0.05) is 13.0 Å². The van der Waals surface area contributed by atoms with Crippen molar-refractivity contribution in [2.75, 3.05) is 19.8 Å². The minimum atomic E-state index is -3.92. The van der Waals surface area contributed by atoms with E-state index in [1.807, 2.05) is 6.92 Å². The van der Waals surface area contributed by atoms with Crippen LogP contribution in [0.3, 0.4) is 0 Å². The Morgan fingerprint density at radius 2 is 2.10 bits per heavy atom. The van der Waals surface area contributed by atoms with Crippen LogP contribution in [0.5, 0.6) is 0 Å². The van der Waals surface area contributed by atoms with Gasteiger partial charge in [0.2, 0.25) is 10.0 Å². The van der Waals surface area contributed by atoms with E-state index in [0.717, 1.165) is 18.9 Å². The van der Waals surface area contributed by atoms with E-state index >= 15 is 0 Å². The van der Waals surface area contributed by atoms with E-state index in [4.69, 9.17) is 10.00 Å². The molecule has 0 aliphatic carbocycles. The third kappa shape index (κ3) is 3.59. The van der Waals surface area contributed by atoms with Crippen molar-refractivity contribution in [3.63, 3.8) is 0 Å². The molecule has 5 nitrogen and oxygen atoms in total. The predicted molar refractivity (Wildman–Crippen MR) is 74.5 cm³/mol. The molecular weight excluding hydrogens is 295 g/mol. The Balaban J connectivity index is 2.20. The van der Waals surface area contributed by atoms with E-state index < -0.39 is 21.4 Å².